The number of alkyl halides is 3. The fraction of sp³-hybridized carbons (Fsp3) is 0.524. The molecule has 7 nitrogen and oxygen atoms in total. The summed E-state index contributed by atoms with van der Waals surface area (Å²) in [6.07, 6.45) is -4.11. The molecule has 0 bridgehead atoms. The van der Waals surface area contributed by atoms with Crippen LogP contribution < -0.4 is 10.6 Å². The van der Waals surface area contributed by atoms with E-state index >= 15 is 0 Å². The molecule has 1 aromatic carbocycles. The zero-order chi connectivity index (χ0) is 23.6. The van der Waals surface area contributed by atoms with E-state index in [1.807, 2.05) is 0 Å². The van der Waals surface area contributed by atoms with Crippen LogP contribution in [0.5, 0.6) is 0 Å². The Balaban J connectivity index is 1.44. The Bertz CT molecular complexity index is 995. The Hall–Kier alpha value is -2.01. The van der Waals surface area contributed by atoms with Gasteiger partial charge in [0.15, 0.2) is 11.7 Å². The van der Waals surface area contributed by atoms with Gasteiger partial charge in [-0.05, 0) is 30.7 Å². The van der Waals surface area contributed by atoms with E-state index in [0.29, 0.717) is 30.3 Å². The molecular weight excluding hydrogens is 482 g/mol. The molecule has 2 atom stereocenters. The lowest BCUT2D eigenvalue weighted by atomic mass is 9.97. The number of ether oxygens (including phenoxy) is 1. The molecule has 2 N–H and O–H groups in total. The maximum absolute atomic E-state index is 13.8. The normalized spacial score (nSPS) is 21.4. The predicted molar refractivity (Wildman–Crippen MR) is 119 cm³/mol. The molecule has 0 radical (unpaired) electrons. The Morgan fingerprint density at radius 3 is 2.67 bits per heavy atom. The van der Waals surface area contributed by atoms with Crippen LogP contribution in [-0.4, -0.2) is 66.2 Å². The molecule has 12 heteroatoms. The number of rotatable bonds is 6. The first-order valence-corrected chi connectivity index (χ1v) is 11.4. The van der Waals surface area contributed by atoms with E-state index in [1.165, 1.54) is 6.07 Å². The Kier molecular flexibility index (Phi) is 7.37. The van der Waals surface area contributed by atoms with Gasteiger partial charge < -0.3 is 15.4 Å². The first-order valence-electron chi connectivity index (χ1n) is 10.7. The van der Waals surface area contributed by atoms with Crippen LogP contribution in [0.15, 0.2) is 24.3 Å². The van der Waals surface area contributed by atoms with Crippen LogP contribution >= 0.6 is 23.2 Å². The molecule has 2 aromatic rings. The summed E-state index contributed by atoms with van der Waals surface area (Å²) in [4.78, 5) is 14.8. The fourth-order valence-corrected chi connectivity index (χ4v) is 4.36. The number of hydrogen-bond donors (Lipinski definition) is 2. The average molecular weight is 506 g/mol. The van der Waals surface area contributed by atoms with Crippen molar-refractivity contribution in [1.82, 2.24) is 20.0 Å². The first kappa shape index (κ1) is 24.1. The largest absolute Gasteiger partial charge is 0.410 e. The van der Waals surface area contributed by atoms with Crippen LogP contribution in [0.25, 0.3) is 0 Å². The lowest BCUT2D eigenvalue weighted by Crippen LogP contribution is -2.38. The minimum atomic E-state index is -4.54. The Labute approximate surface area is 199 Å². The fourth-order valence-electron chi connectivity index (χ4n) is 4.05. The summed E-state index contributed by atoms with van der Waals surface area (Å²) in [6, 6.07) is 3.53. The van der Waals surface area contributed by atoms with Crippen molar-refractivity contribution >= 4 is 34.9 Å². The third-order valence-electron chi connectivity index (χ3n) is 5.81. The number of benzene rings is 1. The van der Waals surface area contributed by atoms with Gasteiger partial charge in [-0.25, -0.2) is 4.68 Å². The number of fused-ring (bicyclic) bond motifs is 1. The maximum atomic E-state index is 13.8. The molecule has 33 heavy (non-hydrogen) atoms. The van der Waals surface area contributed by atoms with Gasteiger partial charge in [-0.1, -0.05) is 29.3 Å². The molecule has 0 spiro atoms. The van der Waals surface area contributed by atoms with E-state index in [-0.39, 0.29) is 23.0 Å². The summed E-state index contributed by atoms with van der Waals surface area (Å²) in [6.45, 7) is 4.32. The quantitative estimate of drug-likeness (QED) is 0.572. The number of anilines is 1. The van der Waals surface area contributed by atoms with Gasteiger partial charge in [0.2, 0.25) is 0 Å². The monoisotopic (exact) mass is 505 g/mol. The standard InChI is InChI=1S/C21H24Cl2F3N5O2/c22-14-3-2-13(10-15(14)23)16-11-18(21(24,25)26)31-19(28-16)12-17(29-31)20(32)27-4-1-5-30-6-8-33-9-7-30/h2-3,10,12,16,18,28H,1,4-9,11H2,(H,27,32)/t16-,18+/m0/s1. The molecule has 0 unspecified atom stereocenters. The molecule has 1 fully saturated rings. The van der Waals surface area contributed by atoms with Gasteiger partial charge in [0, 0.05) is 32.1 Å². The minimum absolute atomic E-state index is 0.0621. The predicted octanol–water partition coefficient (Wildman–Crippen LogP) is 4.30. The number of carbonyl (C=O) groups excluding carboxylic acids is 1. The van der Waals surface area contributed by atoms with Crippen molar-refractivity contribution < 1.29 is 22.7 Å². The molecule has 2 aliphatic rings. The zero-order valence-electron chi connectivity index (χ0n) is 17.7. The number of morpholine rings is 1. The van der Waals surface area contributed by atoms with Gasteiger partial charge in [-0.3, -0.25) is 9.69 Å². The van der Waals surface area contributed by atoms with Crippen molar-refractivity contribution in [2.45, 2.75) is 31.1 Å². The molecule has 1 aromatic heterocycles. The summed E-state index contributed by atoms with van der Waals surface area (Å²) in [5.41, 5.74) is 0.508. The van der Waals surface area contributed by atoms with E-state index in [2.05, 4.69) is 20.6 Å². The molecular formula is C21H24Cl2F3N5O2. The van der Waals surface area contributed by atoms with Crippen LogP contribution in [0, 0.1) is 0 Å². The number of nitrogens with one attached hydrogen (secondary N) is 2. The number of halogens is 5. The lowest BCUT2D eigenvalue weighted by molar-refractivity contribution is -0.173. The molecule has 1 amide bonds. The van der Waals surface area contributed by atoms with Crippen molar-refractivity contribution in [2.24, 2.45) is 0 Å². The van der Waals surface area contributed by atoms with Gasteiger partial charge in [0.05, 0.1) is 29.3 Å². The molecule has 3 heterocycles. The molecule has 180 valence electrons. The molecule has 0 aliphatic carbocycles. The zero-order valence-corrected chi connectivity index (χ0v) is 19.2. The highest BCUT2D eigenvalue weighted by Gasteiger charge is 2.46. The van der Waals surface area contributed by atoms with Gasteiger partial charge in [0.25, 0.3) is 5.91 Å². The van der Waals surface area contributed by atoms with Gasteiger partial charge in [-0.2, -0.15) is 18.3 Å². The average Bonchev–Trinajstić information content (AvgIpc) is 3.22. The molecule has 4 rings (SSSR count). The van der Waals surface area contributed by atoms with Crippen LogP contribution in [0.2, 0.25) is 10.0 Å². The second-order valence-electron chi connectivity index (χ2n) is 8.09. The molecule has 2 aliphatic heterocycles. The second kappa shape index (κ2) is 10.1. The Morgan fingerprint density at radius 1 is 1.21 bits per heavy atom. The van der Waals surface area contributed by atoms with Gasteiger partial charge in [0.1, 0.15) is 5.82 Å². The second-order valence-corrected chi connectivity index (χ2v) is 8.90. The third-order valence-corrected chi connectivity index (χ3v) is 6.55. The summed E-state index contributed by atoms with van der Waals surface area (Å²) < 4.78 is 47.7. The highest BCUT2D eigenvalue weighted by atomic mass is 35.5. The number of hydrogen-bond acceptors (Lipinski definition) is 5. The minimum Gasteiger partial charge on any atom is -0.379 e. The van der Waals surface area contributed by atoms with Gasteiger partial charge in [-0.15, -0.1) is 0 Å². The van der Waals surface area contributed by atoms with Crippen molar-refractivity contribution in [2.75, 3.05) is 44.7 Å². The van der Waals surface area contributed by atoms with Gasteiger partial charge >= 0.3 is 6.18 Å². The highest BCUT2D eigenvalue weighted by Crippen LogP contribution is 2.44. The van der Waals surface area contributed by atoms with E-state index in [0.717, 1.165) is 30.7 Å². The molecule has 1 saturated heterocycles. The van der Waals surface area contributed by atoms with Crippen molar-refractivity contribution in [3.05, 3.63) is 45.6 Å². The highest BCUT2D eigenvalue weighted by molar-refractivity contribution is 6.42. The lowest BCUT2D eigenvalue weighted by Gasteiger charge is -2.33. The third kappa shape index (κ3) is 5.74. The number of aromatic nitrogens is 2. The Morgan fingerprint density at radius 2 is 1.97 bits per heavy atom. The van der Waals surface area contributed by atoms with Crippen molar-refractivity contribution in [3.63, 3.8) is 0 Å². The van der Waals surface area contributed by atoms with Crippen LogP contribution in [0.4, 0.5) is 19.0 Å². The van der Waals surface area contributed by atoms with Crippen LogP contribution in [-0.2, 0) is 4.74 Å². The van der Waals surface area contributed by atoms with Crippen molar-refractivity contribution in [3.8, 4) is 0 Å². The topological polar surface area (TPSA) is 71.4 Å². The van der Waals surface area contributed by atoms with E-state index in [9.17, 15) is 18.0 Å². The van der Waals surface area contributed by atoms with E-state index < -0.39 is 24.2 Å². The number of nitrogens with zero attached hydrogens (tertiary/aromatic N) is 3. The first-order chi connectivity index (χ1) is 15.7. The number of amides is 1. The van der Waals surface area contributed by atoms with Crippen molar-refractivity contribution in [1.29, 1.82) is 0 Å². The summed E-state index contributed by atoms with van der Waals surface area (Å²) in [7, 11) is 0. The van der Waals surface area contributed by atoms with Crippen LogP contribution in [0.1, 0.15) is 41.0 Å². The summed E-state index contributed by atoms with van der Waals surface area (Å²) in [5, 5.41) is 10.3. The maximum Gasteiger partial charge on any atom is 0.410 e. The smallest absolute Gasteiger partial charge is 0.379 e. The summed E-state index contributed by atoms with van der Waals surface area (Å²) in [5.74, 6) is -0.384. The number of carbonyl (C=O) groups is 1. The molecule has 0 saturated carbocycles. The SMILES string of the molecule is O=C(NCCCN1CCOCC1)c1cc2n(n1)[C@@H](C(F)(F)F)C[C@@H](c1ccc(Cl)c(Cl)c1)N2. The van der Waals surface area contributed by atoms with E-state index in [4.69, 9.17) is 27.9 Å². The summed E-state index contributed by atoms with van der Waals surface area (Å²) >= 11 is 12.0. The van der Waals surface area contributed by atoms with E-state index in [1.54, 1.807) is 18.2 Å². The van der Waals surface area contributed by atoms with Crippen LogP contribution in [0.3, 0.4) is 0 Å².